The highest BCUT2D eigenvalue weighted by atomic mass is 32.1. The molecule has 0 saturated heterocycles. The van der Waals surface area contributed by atoms with Crippen LogP contribution in [0.2, 0.25) is 0 Å². The number of nitrogens with zero attached hydrogens (tertiary/aromatic N) is 2. The van der Waals surface area contributed by atoms with Crippen LogP contribution >= 0.6 is 11.3 Å². The van der Waals surface area contributed by atoms with E-state index in [9.17, 15) is 0 Å². The van der Waals surface area contributed by atoms with Gasteiger partial charge in [-0.15, -0.1) is 11.3 Å². The highest BCUT2D eigenvalue weighted by Crippen LogP contribution is 2.36. The minimum atomic E-state index is 1.10. The second kappa shape index (κ2) is 3.45. The van der Waals surface area contributed by atoms with E-state index in [0.717, 1.165) is 17.8 Å². The lowest BCUT2D eigenvalue weighted by Gasteiger charge is -2.15. The zero-order chi connectivity index (χ0) is 12.3. The number of imidazole rings is 1. The lowest BCUT2D eigenvalue weighted by atomic mass is 9.92. The van der Waals surface area contributed by atoms with Crippen LogP contribution in [0.3, 0.4) is 0 Å². The highest BCUT2D eigenvalue weighted by Gasteiger charge is 2.23. The molecule has 1 aromatic carbocycles. The first-order valence-electron chi connectivity index (χ1n) is 6.31. The molecule has 4 rings (SSSR count). The van der Waals surface area contributed by atoms with Crippen molar-refractivity contribution in [1.82, 2.24) is 9.38 Å². The number of benzene rings is 1. The summed E-state index contributed by atoms with van der Waals surface area (Å²) in [6.45, 7) is 4.37. The summed E-state index contributed by atoms with van der Waals surface area (Å²) in [7, 11) is 0. The molecule has 0 radical (unpaired) electrons. The molecule has 0 amide bonds. The number of rotatable bonds is 0. The first-order valence-corrected chi connectivity index (χ1v) is 7.13. The average molecular weight is 254 g/mol. The number of thiazole rings is 1. The maximum absolute atomic E-state index is 4.86. The summed E-state index contributed by atoms with van der Waals surface area (Å²) in [6, 6.07) is 8.66. The number of aryl methyl sites for hydroxylation is 4. The summed E-state index contributed by atoms with van der Waals surface area (Å²) in [5.41, 5.74) is 6.71. The minimum Gasteiger partial charge on any atom is -0.291 e. The van der Waals surface area contributed by atoms with Gasteiger partial charge in [-0.1, -0.05) is 24.3 Å². The van der Waals surface area contributed by atoms with Gasteiger partial charge in [0.05, 0.1) is 11.4 Å². The third kappa shape index (κ3) is 1.20. The molecule has 90 valence electrons. The molecule has 2 heterocycles. The number of hydrogen-bond acceptors (Lipinski definition) is 2. The Morgan fingerprint density at radius 1 is 1.17 bits per heavy atom. The lowest BCUT2D eigenvalue weighted by Crippen LogP contribution is -2.05. The Kier molecular flexibility index (Phi) is 1.98. The Bertz CT molecular complexity index is 764. The van der Waals surface area contributed by atoms with E-state index < -0.39 is 0 Å². The Labute approximate surface area is 110 Å². The van der Waals surface area contributed by atoms with E-state index in [4.69, 9.17) is 4.98 Å². The number of aromatic nitrogens is 2. The molecule has 1 aliphatic carbocycles. The standard InChI is InChI=1S/C15H14N2S/c1-9-10(2)18-15-16-14-12-6-4-3-5-11(12)7-8-13(14)17(9)15/h3-6H,7-8H2,1-2H3. The molecule has 0 spiro atoms. The molecule has 3 aromatic rings. The van der Waals surface area contributed by atoms with Crippen LogP contribution in [-0.4, -0.2) is 9.38 Å². The van der Waals surface area contributed by atoms with Gasteiger partial charge in [-0.2, -0.15) is 0 Å². The van der Waals surface area contributed by atoms with E-state index in [1.165, 1.54) is 33.1 Å². The fraction of sp³-hybridized carbons (Fsp3) is 0.267. The van der Waals surface area contributed by atoms with E-state index in [-0.39, 0.29) is 0 Å². The molecular weight excluding hydrogens is 240 g/mol. The van der Waals surface area contributed by atoms with Gasteiger partial charge in [0.15, 0.2) is 4.96 Å². The van der Waals surface area contributed by atoms with Crippen LogP contribution in [0.1, 0.15) is 21.8 Å². The van der Waals surface area contributed by atoms with Gasteiger partial charge in [0.25, 0.3) is 0 Å². The average Bonchev–Trinajstić information content (AvgIpc) is 2.87. The molecule has 0 fully saturated rings. The summed E-state index contributed by atoms with van der Waals surface area (Å²) in [6.07, 6.45) is 2.23. The molecule has 0 atom stereocenters. The summed E-state index contributed by atoms with van der Waals surface area (Å²) >= 11 is 1.80. The first-order chi connectivity index (χ1) is 8.75. The molecule has 0 bridgehead atoms. The zero-order valence-corrected chi connectivity index (χ0v) is 11.3. The van der Waals surface area contributed by atoms with Crippen molar-refractivity contribution in [3.8, 4) is 11.3 Å². The van der Waals surface area contributed by atoms with Crippen LogP contribution in [0.4, 0.5) is 0 Å². The molecule has 2 nitrogen and oxygen atoms in total. The van der Waals surface area contributed by atoms with Gasteiger partial charge in [0.2, 0.25) is 0 Å². The van der Waals surface area contributed by atoms with Crippen molar-refractivity contribution in [1.29, 1.82) is 0 Å². The smallest absolute Gasteiger partial charge is 0.194 e. The van der Waals surface area contributed by atoms with Gasteiger partial charge < -0.3 is 0 Å². The van der Waals surface area contributed by atoms with Gasteiger partial charge in [-0.3, -0.25) is 4.40 Å². The Balaban J connectivity index is 2.09. The SMILES string of the molecule is Cc1sc2nc3c(n2c1C)CCc1ccccc1-3. The third-order valence-electron chi connectivity index (χ3n) is 3.93. The van der Waals surface area contributed by atoms with Gasteiger partial charge in [0.1, 0.15) is 0 Å². The predicted octanol–water partition coefficient (Wildman–Crippen LogP) is 3.78. The monoisotopic (exact) mass is 254 g/mol. The van der Waals surface area contributed by atoms with Crippen molar-refractivity contribution < 1.29 is 0 Å². The molecule has 0 saturated carbocycles. The molecular formula is C15H14N2S. The summed E-state index contributed by atoms with van der Waals surface area (Å²) in [5.74, 6) is 0. The van der Waals surface area contributed by atoms with Crippen molar-refractivity contribution in [2.75, 3.05) is 0 Å². The zero-order valence-electron chi connectivity index (χ0n) is 10.5. The minimum absolute atomic E-state index is 1.10. The third-order valence-corrected chi connectivity index (χ3v) is 4.99. The van der Waals surface area contributed by atoms with Crippen molar-refractivity contribution >= 4 is 16.3 Å². The van der Waals surface area contributed by atoms with E-state index in [2.05, 4.69) is 42.5 Å². The van der Waals surface area contributed by atoms with Crippen LogP contribution in [0.15, 0.2) is 24.3 Å². The fourth-order valence-corrected chi connectivity index (χ4v) is 3.87. The van der Waals surface area contributed by atoms with Gasteiger partial charge in [-0.05, 0) is 32.3 Å². The summed E-state index contributed by atoms with van der Waals surface area (Å²) in [4.78, 5) is 7.38. The quantitative estimate of drug-likeness (QED) is 0.597. The normalized spacial score (nSPS) is 13.7. The maximum Gasteiger partial charge on any atom is 0.194 e. The molecule has 1 aliphatic rings. The molecule has 18 heavy (non-hydrogen) atoms. The molecule has 2 aromatic heterocycles. The Morgan fingerprint density at radius 2 is 2.00 bits per heavy atom. The van der Waals surface area contributed by atoms with Gasteiger partial charge in [0, 0.05) is 16.1 Å². The molecule has 0 aliphatic heterocycles. The van der Waals surface area contributed by atoms with Crippen LogP contribution in [-0.2, 0) is 12.8 Å². The lowest BCUT2D eigenvalue weighted by molar-refractivity contribution is 0.870. The summed E-state index contributed by atoms with van der Waals surface area (Å²) in [5, 5.41) is 0. The largest absolute Gasteiger partial charge is 0.291 e. The van der Waals surface area contributed by atoms with E-state index >= 15 is 0 Å². The number of hydrogen-bond donors (Lipinski definition) is 0. The topological polar surface area (TPSA) is 17.3 Å². The molecule has 0 N–H and O–H groups in total. The first kappa shape index (κ1) is 10.3. The van der Waals surface area contributed by atoms with Crippen LogP contribution in [0.5, 0.6) is 0 Å². The van der Waals surface area contributed by atoms with E-state index in [1.807, 2.05) is 0 Å². The van der Waals surface area contributed by atoms with Crippen molar-refractivity contribution in [2.24, 2.45) is 0 Å². The van der Waals surface area contributed by atoms with Gasteiger partial charge in [-0.25, -0.2) is 4.98 Å². The Hall–Kier alpha value is -1.61. The molecule has 3 heteroatoms. The molecule has 0 unspecified atom stereocenters. The number of fused-ring (bicyclic) bond motifs is 5. The second-order valence-electron chi connectivity index (χ2n) is 4.93. The van der Waals surface area contributed by atoms with Crippen molar-refractivity contribution in [2.45, 2.75) is 26.7 Å². The van der Waals surface area contributed by atoms with Crippen LogP contribution in [0, 0.1) is 13.8 Å². The van der Waals surface area contributed by atoms with Crippen LogP contribution < -0.4 is 0 Å². The summed E-state index contributed by atoms with van der Waals surface area (Å²) < 4.78 is 2.35. The van der Waals surface area contributed by atoms with E-state index in [0.29, 0.717) is 0 Å². The van der Waals surface area contributed by atoms with E-state index in [1.54, 1.807) is 11.3 Å². The Morgan fingerprint density at radius 3 is 2.89 bits per heavy atom. The fourth-order valence-electron chi connectivity index (χ4n) is 2.88. The second-order valence-corrected chi connectivity index (χ2v) is 6.11. The highest BCUT2D eigenvalue weighted by molar-refractivity contribution is 7.17. The predicted molar refractivity (Wildman–Crippen MR) is 75.4 cm³/mol. The maximum atomic E-state index is 4.86. The van der Waals surface area contributed by atoms with Crippen molar-refractivity contribution in [3.63, 3.8) is 0 Å². The van der Waals surface area contributed by atoms with Crippen molar-refractivity contribution in [3.05, 3.63) is 46.1 Å². The van der Waals surface area contributed by atoms with Gasteiger partial charge >= 0.3 is 0 Å². The van der Waals surface area contributed by atoms with Crippen LogP contribution in [0.25, 0.3) is 16.2 Å².